The Bertz CT molecular complexity index is 732. The van der Waals surface area contributed by atoms with Gasteiger partial charge in [0.05, 0.1) is 5.54 Å². The van der Waals surface area contributed by atoms with Crippen LogP contribution in [0.2, 0.25) is 0 Å². The van der Waals surface area contributed by atoms with Crippen LogP contribution in [0, 0.1) is 0 Å². The normalized spacial score (nSPS) is 22.4. The number of hydrogen-bond acceptors (Lipinski definition) is 4. The molecule has 0 bridgehead atoms. The zero-order valence-electron chi connectivity index (χ0n) is 13.7. The molecule has 2 aromatic carbocycles. The largest absolute Gasteiger partial charge is 0.454 e. The number of piperazine rings is 1. The fourth-order valence-corrected chi connectivity index (χ4v) is 3.76. The predicted octanol–water partition coefficient (Wildman–Crippen LogP) is 3.30. The smallest absolute Gasteiger partial charge is 0.231 e. The van der Waals surface area contributed by atoms with Gasteiger partial charge in [0, 0.05) is 25.3 Å². The molecule has 1 fully saturated rings. The monoisotopic (exact) mass is 322 g/mol. The lowest BCUT2D eigenvalue weighted by atomic mass is 9.82. The van der Waals surface area contributed by atoms with Crippen molar-refractivity contribution < 1.29 is 9.47 Å². The fourth-order valence-electron chi connectivity index (χ4n) is 3.76. The molecule has 1 saturated heterocycles. The molecule has 2 aliphatic heterocycles. The molecule has 0 aliphatic carbocycles. The summed E-state index contributed by atoms with van der Waals surface area (Å²) in [5, 5.41) is 3.56. The molecule has 4 nitrogen and oxygen atoms in total. The Morgan fingerprint density at radius 3 is 2.79 bits per heavy atom. The summed E-state index contributed by atoms with van der Waals surface area (Å²) in [6.45, 7) is 7.10. The van der Waals surface area contributed by atoms with Crippen molar-refractivity contribution >= 4 is 5.69 Å². The summed E-state index contributed by atoms with van der Waals surface area (Å²) in [5.41, 5.74) is 2.28. The van der Waals surface area contributed by atoms with Crippen molar-refractivity contribution in [2.45, 2.75) is 12.0 Å². The molecule has 0 amide bonds. The molecule has 2 aliphatic rings. The van der Waals surface area contributed by atoms with E-state index in [0.717, 1.165) is 37.6 Å². The van der Waals surface area contributed by atoms with Crippen LogP contribution in [-0.2, 0) is 5.54 Å². The maximum atomic E-state index is 5.61. The minimum Gasteiger partial charge on any atom is -0.454 e. The molecular weight excluding hydrogens is 300 g/mol. The van der Waals surface area contributed by atoms with Crippen molar-refractivity contribution in [1.29, 1.82) is 0 Å². The SMILES string of the molecule is C=CCC1(c2ccc3c(c2)OCO3)CNCCN1c1ccccc1. The van der Waals surface area contributed by atoms with Crippen LogP contribution >= 0.6 is 0 Å². The molecule has 124 valence electrons. The van der Waals surface area contributed by atoms with E-state index in [-0.39, 0.29) is 5.54 Å². The van der Waals surface area contributed by atoms with Crippen molar-refractivity contribution in [2.24, 2.45) is 0 Å². The molecule has 1 N–H and O–H groups in total. The highest BCUT2D eigenvalue weighted by molar-refractivity contribution is 5.55. The van der Waals surface area contributed by atoms with E-state index in [9.17, 15) is 0 Å². The predicted molar refractivity (Wildman–Crippen MR) is 95.7 cm³/mol. The number of anilines is 1. The maximum absolute atomic E-state index is 5.61. The quantitative estimate of drug-likeness (QED) is 0.876. The van der Waals surface area contributed by atoms with Gasteiger partial charge in [-0.3, -0.25) is 0 Å². The van der Waals surface area contributed by atoms with Crippen LogP contribution in [0.4, 0.5) is 5.69 Å². The van der Waals surface area contributed by atoms with Crippen LogP contribution < -0.4 is 19.7 Å². The molecule has 1 unspecified atom stereocenters. The zero-order valence-corrected chi connectivity index (χ0v) is 13.7. The van der Waals surface area contributed by atoms with Gasteiger partial charge in [0.15, 0.2) is 11.5 Å². The lowest BCUT2D eigenvalue weighted by Crippen LogP contribution is -2.59. The first kappa shape index (κ1) is 15.1. The molecule has 2 aromatic rings. The molecule has 0 spiro atoms. The number of nitrogens with zero attached hydrogens (tertiary/aromatic N) is 1. The number of rotatable bonds is 4. The first-order chi connectivity index (χ1) is 11.8. The van der Waals surface area contributed by atoms with Crippen LogP contribution in [0.25, 0.3) is 0 Å². The number of benzene rings is 2. The van der Waals surface area contributed by atoms with Gasteiger partial charge in [-0.2, -0.15) is 0 Å². The maximum Gasteiger partial charge on any atom is 0.231 e. The highest BCUT2D eigenvalue weighted by atomic mass is 16.7. The third-order valence-corrected chi connectivity index (χ3v) is 4.91. The Morgan fingerprint density at radius 1 is 1.12 bits per heavy atom. The van der Waals surface area contributed by atoms with Gasteiger partial charge in [0.1, 0.15) is 0 Å². The summed E-state index contributed by atoms with van der Waals surface area (Å²) in [6.07, 6.45) is 2.86. The second-order valence-electron chi connectivity index (χ2n) is 6.26. The van der Waals surface area contributed by atoms with Crippen LogP contribution in [0.3, 0.4) is 0 Å². The average Bonchev–Trinajstić information content (AvgIpc) is 3.11. The van der Waals surface area contributed by atoms with E-state index in [2.05, 4.69) is 59.3 Å². The van der Waals surface area contributed by atoms with E-state index in [0.29, 0.717) is 6.79 Å². The Morgan fingerprint density at radius 2 is 1.96 bits per heavy atom. The van der Waals surface area contributed by atoms with E-state index < -0.39 is 0 Å². The molecule has 4 rings (SSSR count). The van der Waals surface area contributed by atoms with Gasteiger partial charge >= 0.3 is 0 Å². The highest BCUT2D eigenvalue weighted by Gasteiger charge is 2.40. The Hall–Kier alpha value is -2.46. The van der Waals surface area contributed by atoms with Gasteiger partial charge in [-0.25, -0.2) is 0 Å². The summed E-state index contributed by atoms with van der Waals surface area (Å²) in [5.74, 6) is 1.65. The third-order valence-electron chi connectivity index (χ3n) is 4.91. The number of ether oxygens (including phenoxy) is 2. The van der Waals surface area contributed by atoms with E-state index >= 15 is 0 Å². The topological polar surface area (TPSA) is 33.7 Å². The number of para-hydroxylation sites is 1. The van der Waals surface area contributed by atoms with Crippen molar-refractivity contribution in [3.63, 3.8) is 0 Å². The zero-order chi connectivity index (χ0) is 16.4. The summed E-state index contributed by atoms with van der Waals surface area (Å²) in [7, 11) is 0. The van der Waals surface area contributed by atoms with Gasteiger partial charge in [-0.1, -0.05) is 30.3 Å². The fraction of sp³-hybridized carbons (Fsp3) is 0.300. The molecule has 0 aromatic heterocycles. The lowest BCUT2D eigenvalue weighted by molar-refractivity contribution is 0.174. The first-order valence-electron chi connectivity index (χ1n) is 8.38. The molecular formula is C20H22N2O2. The second-order valence-corrected chi connectivity index (χ2v) is 6.26. The second kappa shape index (κ2) is 6.21. The number of fused-ring (bicyclic) bond motifs is 1. The first-order valence-corrected chi connectivity index (χ1v) is 8.38. The van der Waals surface area contributed by atoms with Crippen LogP contribution in [0.1, 0.15) is 12.0 Å². The van der Waals surface area contributed by atoms with Gasteiger partial charge in [0.2, 0.25) is 6.79 Å². The number of nitrogens with one attached hydrogen (secondary N) is 1. The molecule has 0 saturated carbocycles. The van der Waals surface area contributed by atoms with E-state index in [1.165, 1.54) is 11.3 Å². The van der Waals surface area contributed by atoms with Crippen molar-refractivity contribution in [3.8, 4) is 11.5 Å². The van der Waals surface area contributed by atoms with Crippen molar-refractivity contribution in [3.05, 3.63) is 66.7 Å². The lowest BCUT2D eigenvalue weighted by Gasteiger charge is -2.49. The highest BCUT2D eigenvalue weighted by Crippen LogP contribution is 2.42. The summed E-state index contributed by atoms with van der Waals surface area (Å²) in [4.78, 5) is 2.49. The Labute approximate surface area is 142 Å². The van der Waals surface area contributed by atoms with Crippen molar-refractivity contribution in [1.82, 2.24) is 5.32 Å². The molecule has 0 radical (unpaired) electrons. The van der Waals surface area contributed by atoms with E-state index in [4.69, 9.17) is 9.47 Å². The van der Waals surface area contributed by atoms with E-state index in [1.807, 2.05) is 12.1 Å². The molecule has 1 atom stereocenters. The summed E-state index contributed by atoms with van der Waals surface area (Å²) in [6, 6.07) is 16.9. The van der Waals surface area contributed by atoms with Gasteiger partial charge in [-0.15, -0.1) is 6.58 Å². The molecule has 2 heterocycles. The Kier molecular flexibility index (Phi) is 3.90. The van der Waals surface area contributed by atoms with Crippen LogP contribution in [-0.4, -0.2) is 26.4 Å². The summed E-state index contributed by atoms with van der Waals surface area (Å²) < 4.78 is 11.1. The average molecular weight is 322 g/mol. The standard InChI is InChI=1S/C20H22N2O2/c1-2-10-20(16-8-9-18-19(13-16)24-15-23-18)14-21-11-12-22(20)17-6-4-3-5-7-17/h2-9,13,21H,1,10-12,14-15H2. The molecule has 24 heavy (non-hydrogen) atoms. The third kappa shape index (κ3) is 2.43. The van der Waals surface area contributed by atoms with Gasteiger partial charge < -0.3 is 19.7 Å². The minimum atomic E-state index is -0.178. The van der Waals surface area contributed by atoms with Crippen molar-refractivity contribution in [2.75, 3.05) is 31.3 Å². The minimum absolute atomic E-state index is 0.178. The van der Waals surface area contributed by atoms with Crippen LogP contribution in [0.5, 0.6) is 11.5 Å². The molecule has 4 heteroatoms. The summed E-state index contributed by atoms with van der Waals surface area (Å²) >= 11 is 0. The van der Waals surface area contributed by atoms with Gasteiger partial charge in [-0.05, 0) is 36.2 Å². The number of hydrogen-bond donors (Lipinski definition) is 1. The Balaban J connectivity index is 1.82. The van der Waals surface area contributed by atoms with Gasteiger partial charge in [0.25, 0.3) is 0 Å². The van der Waals surface area contributed by atoms with Crippen LogP contribution in [0.15, 0.2) is 61.2 Å². The van der Waals surface area contributed by atoms with E-state index in [1.54, 1.807) is 0 Å².